The SMILES string of the molecule is CCNC(=NCc1cccc(N(C)C)n1)NC1CC1C. The second-order valence-electron chi connectivity index (χ2n) is 5.54. The van der Waals surface area contributed by atoms with Gasteiger partial charge in [0.1, 0.15) is 5.82 Å². The highest BCUT2D eigenvalue weighted by Gasteiger charge is 2.33. The lowest BCUT2D eigenvalue weighted by molar-refractivity contribution is 0.764. The van der Waals surface area contributed by atoms with Crippen LogP contribution in [0, 0.1) is 5.92 Å². The average molecular weight is 275 g/mol. The first kappa shape index (κ1) is 14.6. The van der Waals surface area contributed by atoms with Crippen molar-refractivity contribution < 1.29 is 0 Å². The summed E-state index contributed by atoms with van der Waals surface area (Å²) in [5.41, 5.74) is 0.984. The second kappa shape index (κ2) is 6.59. The number of anilines is 1. The highest BCUT2D eigenvalue weighted by Crippen LogP contribution is 2.28. The van der Waals surface area contributed by atoms with Gasteiger partial charge in [-0.25, -0.2) is 9.98 Å². The third-order valence-electron chi connectivity index (χ3n) is 3.43. The molecule has 1 fully saturated rings. The topological polar surface area (TPSA) is 52.6 Å². The van der Waals surface area contributed by atoms with Gasteiger partial charge in [0, 0.05) is 26.7 Å². The largest absolute Gasteiger partial charge is 0.363 e. The molecule has 20 heavy (non-hydrogen) atoms. The molecule has 0 bridgehead atoms. The van der Waals surface area contributed by atoms with E-state index in [1.165, 1.54) is 6.42 Å². The second-order valence-corrected chi connectivity index (χ2v) is 5.54. The van der Waals surface area contributed by atoms with E-state index >= 15 is 0 Å². The number of aromatic nitrogens is 1. The number of hydrogen-bond acceptors (Lipinski definition) is 3. The minimum absolute atomic E-state index is 0.578. The van der Waals surface area contributed by atoms with Crippen molar-refractivity contribution in [2.45, 2.75) is 32.9 Å². The van der Waals surface area contributed by atoms with E-state index in [1.807, 2.05) is 37.2 Å². The molecule has 1 aliphatic rings. The fourth-order valence-electron chi connectivity index (χ4n) is 1.98. The van der Waals surface area contributed by atoms with E-state index in [-0.39, 0.29) is 0 Å². The van der Waals surface area contributed by atoms with Crippen molar-refractivity contribution in [2.75, 3.05) is 25.5 Å². The van der Waals surface area contributed by atoms with Gasteiger partial charge in [0.15, 0.2) is 5.96 Å². The third kappa shape index (κ3) is 4.11. The van der Waals surface area contributed by atoms with Gasteiger partial charge in [0.2, 0.25) is 0 Å². The predicted molar refractivity (Wildman–Crippen MR) is 84.1 cm³/mol. The number of aliphatic imine (C=N–C) groups is 1. The zero-order valence-corrected chi connectivity index (χ0v) is 12.8. The Morgan fingerprint density at radius 1 is 1.45 bits per heavy atom. The Morgan fingerprint density at radius 2 is 2.20 bits per heavy atom. The maximum absolute atomic E-state index is 4.61. The number of rotatable bonds is 5. The lowest BCUT2D eigenvalue weighted by atomic mass is 10.3. The molecule has 1 heterocycles. The van der Waals surface area contributed by atoms with Crippen LogP contribution in [0.25, 0.3) is 0 Å². The lowest BCUT2D eigenvalue weighted by Crippen LogP contribution is -2.39. The van der Waals surface area contributed by atoms with Gasteiger partial charge in [0.25, 0.3) is 0 Å². The van der Waals surface area contributed by atoms with Crippen molar-refractivity contribution in [3.05, 3.63) is 23.9 Å². The molecule has 0 saturated heterocycles. The average Bonchev–Trinajstić information content (AvgIpc) is 3.12. The third-order valence-corrected chi connectivity index (χ3v) is 3.43. The van der Waals surface area contributed by atoms with E-state index in [1.54, 1.807) is 0 Å². The molecule has 0 amide bonds. The number of nitrogens with one attached hydrogen (secondary N) is 2. The summed E-state index contributed by atoms with van der Waals surface area (Å²) in [6.45, 7) is 5.80. The molecule has 2 atom stereocenters. The molecule has 0 spiro atoms. The fraction of sp³-hybridized carbons (Fsp3) is 0.600. The Bertz CT molecular complexity index is 469. The summed E-state index contributed by atoms with van der Waals surface area (Å²) in [6.07, 6.45) is 1.23. The van der Waals surface area contributed by atoms with Crippen molar-refractivity contribution in [3.8, 4) is 0 Å². The van der Waals surface area contributed by atoms with Crippen LogP contribution in [0.4, 0.5) is 5.82 Å². The Labute approximate surface area is 121 Å². The monoisotopic (exact) mass is 275 g/mol. The summed E-state index contributed by atoms with van der Waals surface area (Å²) in [5.74, 6) is 2.61. The smallest absolute Gasteiger partial charge is 0.191 e. The van der Waals surface area contributed by atoms with E-state index in [0.29, 0.717) is 12.6 Å². The Balaban J connectivity index is 1.98. The van der Waals surface area contributed by atoms with E-state index in [2.05, 4.69) is 34.5 Å². The molecule has 2 unspecified atom stereocenters. The van der Waals surface area contributed by atoms with Crippen LogP contribution in [0.5, 0.6) is 0 Å². The molecule has 2 rings (SSSR count). The molecule has 1 aromatic heterocycles. The van der Waals surface area contributed by atoms with Crippen LogP contribution >= 0.6 is 0 Å². The normalized spacial score (nSPS) is 21.5. The van der Waals surface area contributed by atoms with Gasteiger partial charge in [-0.3, -0.25) is 0 Å². The molecule has 1 aromatic rings. The first-order valence-electron chi connectivity index (χ1n) is 7.28. The van der Waals surface area contributed by atoms with E-state index in [9.17, 15) is 0 Å². The van der Waals surface area contributed by atoms with Crippen molar-refractivity contribution in [1.82, 2.24) is 15.6 Å². The molecular formula is C15H25N5. The van der Waals surface area contributed by atoms with Crippen LogP contribution in [0.15, 0.2) is 23.2 Å². The predicted octanol–water partition coefficient (Wildman–Crippen LogP) is 1.61. The van der Waals surface area contributed by atoms with E-state index < -0.39 is 0 Å². The summed E-state index contributed by atoms with van der Waals surface area (Å²) in [6, 6.07) is 6.62. The summed E-state index contributed by atoms with van der Waals surface area (Å²) in [4.78, 5) is 11.2. The molecule has 2 N–H and O–H groups in total. The summed E-state index contributed by atoms with van der Waals surface area (Å²) < 4.78 is 0. The van der Waals surface area contributed by atoms with Gasteiger partial charge < -0.3 is 15.5 Å². The molecule has 0 aromatic carbocycles. The molecule has 5 heteroatoms. The zero-order chi connectivity index (χ0) is 14.5. The van der Waals surface area contributed by atoms with Gasteiger partial charge in [-0.15, -0.1) is 0 Å². The minimum atomic E-state index is 0.578. The van der Waals surface area contributed by atoms with Gasteiger partial charge in [-0.1, -0.05) is 13.0 Å². The molecule has 1 saturated carbocycles. The molecule has 5 nitrogen and oxygen atoms in total. The summed E-state index contributed by atoms with van der Waals surface area (Å²) in [7, 11) is 3.99. The van der Waals surface area contributed by atoms with Crippen molar-refractivity contribution in [1.29, 1.82) is 0 Å². The summed E-state index contributed by atoms with van der Waals surface area (Å²) in [5, 5.41) is 6.73. The molecule has 110 valence electrons. The Kier molecular flexibility index (Phi) is 4.82. The molecule has 1 aliphatic carbocycles. The first-order chi connectivity index (χ1) is 9.60. The van der Waals surface area contributed by atoms with Crippen LogP contribution in [0.1, 0.15) is 26.0 Å². The van der Waals surface area contributed by atoms with Crippen LogP contribution in [-0.4, -0.2) is 37.6 Å². The number of nitrogens with zero attached hydrogens (tertiary/aromatic N) is 3. The Morgan fingerprint density at radius 3 is 2.80 bits per heavy atom. The minimum Gasteiger partial charge on any atom is -0.363 e. The maximum Gasteiger partial charge on any atom is 0.191 e. The van der Waals surface area contributed by atoms with E-state index in [4.69, 9.17) is 0 Å². The van der Waals surface area contributed by atoms with Crippen molar-refractivity contribution in [3.63, 3.8) is 0 Å². The fourth-order valence-corrected chi connectivity index (χ4v) is 1.98. The summed E-state index contributed by atoms with van der Waals surface area (Å²) >= 11 is 0. The van der Waals surface area contributed by atoms with Gasteiger partial charge in [-0.2, -0.15) is 0 Å². The van der Waals surface area contributed by atoms with Gasteiger partial charge >= 0.3 is 0 Å². The molecular weight excluding hydrogens is 250 g/mol. The van der Waals surface area contributed by atoms with Gasteiger partial charge in [-0.05, 0) is 31.4 Å². The van der Waals surface area contributed by atoms with E-state index in [0.717, 1.165) is 29.9 Å². The lowest BCUT2D eigenvalue weighted by Gasteiger charge is -2.13. The highest BCUT2D eigenvalue weighted by atomic mass is 15.2. The maximum atomic E-state index is 4.61. The standard InChI is InChI=1S/C15H25N5/c1-5-16-15(19-13-9-11(13)2)17-10-12-7-6-8-14(18-12)20(3)4/h6-8,11,13H,5,9-10H2,1-4H3,(H2,16,17,19). The van der Waals surface area contributed by atoms with Crippen LogP contribution < -0.4 is 15.5 Å². The number of pyridine rings is 1. The quantitative estimate of drug-likeness (QED) is 0.633. The van der Waals surface area contributed by atoms with Crippen LogP contribution in [-0.2, 0) is 6.54 Å². The number of guanidine groups is 1. The number of hydrogen-bond donors (Lipinski definition) is 2. The van der Waals surface area contributed by atoms with Crippen LogP contribution in [0.2, 0.25) is 0 Å². The first-order valence-corrected chi connectivity index (χ1v) is 7.28. The van der Waals surface area contributed by atoms with Crippen molar-refractivity contribution >= 4 is 11.8 Å². The Hall–Kier alpha value is -1.78. The van der Waals surface area contributed by atoms with Crippen LogP contribution in [0.3, 0.4) is 0 Å². The molecule has 0 aliphatic heterocycles. The van der Waals surface area contributed by atoms with Crippen molar-refractivity contribution in [2.24, 2.45) is 10.9 Å². The highest BCUT2D eigenvalue weighted by molar-refractivity contribution is 5.80. The zero-order valence-electron chi connectivity index (χ0n) is 12.8. The van der Waals surface area contributed by atoms with Gasteiger partial charge in [0.05, 0.1) is 12.2 Å². The molecule has 0 radical (unpaired) electrons.